The fourth-order valence-corrected chi connectivity index (χ4v) is 5.77. The number of likely N-dealkylation sites (N-methyl/N-ethyl adjacent to an activating group) is 1. The van der Waals surface area contributed by atoms with Crippen molar-refractivity contribution in [3.8, 4) is 23.1 Å². The van der Waals surface area contributed by atoms with Crippen molar-refractivity contribution in [2.24, 2.45) is 0 Å². The van der Waals surface area contributed by atoms with E-state index in [9.17, 15) is 23.2 Å². The van der Waals surface area contributed by atoms with Gasteiger partial charge in [-0.2, -0.15) is 28.6 Å². The van der Waals surface area contributed by atoms with Crippen molar-refractivity contribution in [1.29, 1.82) is 5.26 Å². The van der Waals surface area contributed by atoms with Crippen molar-refractivity contribution in [2.75, 3.05) is 45.2 Å². The van der Waals surface area contributed by atoms with Crippen molar-refractivity contribution >= 4 is 11.6 Å². The molecule has 2 aromatic carbocycles. The standard InChI is InChI=1S/C30H31F3N6O2/c1-38-14-11-22(19-38)35-28(40)29(27-10-8-24(36-37-27)23-5-3-4-6-26(23)41-2)12-15-39(16-13-29)25-9-7-21(30(31,32)33)17-20(25)18-34/h3-10,17,22H,11-16,19H2,1-2H3,(H,35,40)/t22-/m0/s1. The summed E-state index contributed by atoms with van der Waals surface area (Å²) in [5.41, 5.74) is 0.449. The van der Waals surface area contributed by atoms with Crippen LogP contribution in [-0.4, -0.2) is 67.4 Å². The van der Waals surface area contributed by atoms with Crippen LogP contribution in [0.15, 0.2) is 54.6 Å². The molecule has 0 saturated carbocycles. The van der Waals surface area contributed by atoms with Crippen LogP contribution in [0.1, 0.15) is 36.1 Å². The first-order valence-electron chi connectivity index (χ1n) is 13.5. The molecule has 3 heterocycles. The molecule has 11 heteroatoms. The summed E-state index contributed by atoms with van der Waals surface area (Å²) in [5, 5.41) is 21.8. The lowest BCUT2D eigenvalue weighted by atomic mass is 9.74. The SMILES string of the molecule is COc1ccccc1-c1ccc(C2(C(=O)N[C@H]3CCN(C)C3)CCN(c3ccc(C(F)(F)F)cc3C#N)CC2)nn1. The van der Waals surface area contributed by atoms with E-state index in [0.29, 0.717) is 48.8 Å². The number of hydrogen-bond donors (Lipinski definition) is 1. The summed E-state index contributed by atoms with van der Waals surface area (Å²) in [6.45, 7) is 2.36. The molecule has 0 bridgehead atoms. The van der Waals surface area contributed by atoms with Crippen LogP contribution in [-0.2, 0) is 16.4 Å². The molecule has 5 rings (SSSR count). The molecular weight excluding hydrogens is 533 g/mol. The maximum atomic E-state index is 13.9. The largest absolute Gasteiger partial charge is 0.496 e. The number of benzene rings is 2. The molecule has 3 aromatic rings. The Morgan fingerprint density at radius 3 is 2.46 bits per heavy atom. The number of aromatic nitrogens is 2. The number of alkyl halides is 3. The summed E-state index contributed by atoms with van der Waals surface area (Å²) < 4.78 is 45.2. The molecule has 1 atom stereocenters. The third-order valence-corrected chi connectivity index (χ3v) is 8.10. The highest BCUT2D eigenvalue weighted by atomic mass is 19.4. The number of hydrogen-bond acceptors (Lipinski definition) is 7. The van der Waals surface area contributed by atoms with Gasteiger partial charge in [-0.05, 0) is 75.3 Å². The Bertz CT molecular complexity index is 1450. The summed E-state index contributed by atoms with van der Waals surface area (Å²) in [4.78, 5) is 18.0. The van der Waals surface area contributed by atoms with Gasteiger partial charge >= 0.3 is 6.18 Å². The van der Waals surface area contributed by atoms with Gasteiger partial charge in [-0.3, -0.25) is 4.79 Å². The Morgan fingerprint density at radius 1 is 1.10 bits per heavy atom. The van der Waals surface area contributed by atoms with Crippen LogP contribution in [0.4, 0.5) is 18.9 Å². The van der Waals surface area contributed by atoms with Gasteiger partial charge in [-0.1, -0.05) is 12.1 Å². The number of nitriles is 1. The van der Waals surface area contributed by atoms with Crippen LogP contribution in [0, 0.1) is 11.3 Å². The molecule has 214 valence electrons. The van der Waals surface area contributed by atoms with Crippen molar-refractivity contribution in [3.05, 3.63) is 71.4 Å². The van der Waals surface area contributed by atoms with Gasteiger partial charge in [0.15, 0.2) is 0 Å². The summed E-state index contributed by atoms with van der Waals surface area (Å²) >= 11 is 0. The van der Waals surface area contributed by atoms with E-state index in [-0.39, 0.29) is 17.5 Å². The maximum Gasteiger partial charge on any atom is 0.416 e. The van der Waals surface area contributed by atoms with E-state index >= 15 is 0 Å². The number of nitrogens with zero attached hydrogens (tertiary/aromatic N) is 5. The molecule has 2 aliphatic rings. The number of para-hydroxylation sites is 1. The first-order valence-corrected chi connectivity index (χ1v) is 13.5. The van der Waals surface area contributed by atoms with Crippen molar-refractivity contribution in [1.82, 2.24) is 20.4 Å². The van der Waals surface area contributed by atoms with Crippen LogP contribution in [0.2, 0.25) is 0 Å². The number of carbonyl (C=O) groups is 1. The lowest BCUT2D eigenvalue weighted by Gasteiger charge is -2.41. The monoisotopic (exact) mass is 564 g/mol. The number of rotatable bonds is 6. The van der Waals surface area contributed by atoms with Crippen LogP contribution in [0.3, 0.4) is 0 Å². The van der Waals surface area contributed by atoms with Gasteiger partial charge in [0, 0.05) is 31.2 Å². The first kappa shape index (κ1) is 28.4. The lowest BCUT2D eigenvalue weighted by molar-refractivity contribution is -0.137. The van der Waals surface area contributed by atoms with E-state index in [1.807, 2.05) is 54.4 Å². The van der Waals surface area contributed by atoms with E-state index in [1.54, 1.807) is 7.11 Å². The molecule has 1 amide bonds. The molecule has 8 nitrogen and oxygen atoms in total. The number of piperidine rings is 1. The van der Waals surface area contributed by atoms with Gasteiger partial charge in [-0.25, -0.2) is 0 Å². The minimum atomic E-state index is -4.54. The first-order chi connectivity index (χ1) is 19.6. The maximum absolute atomic E-state index is 13.9. The number of amides is 1. The molecule has 1 aromatic heterocycles. The van der Waals surface area contributed by atoms with Gasteiger partial charge in [-0.15, -0.1) is 0 Å². The fourth-order valence-electron chi connectivity index (χ4n) is 5.77. The third-order valence-electron chi connectivity index (χ3n) is 8.10. The highest BCUT2D eigenvalue weighted by molar-refractivity contribution is 5.88. The van der Waals surface area contributed by atoms with E-state index < -0.39 is 17.2 Å². The number of ether oxygens (including phenoxy) is 1. The summed E-state index contributed by atoms with van der Waals surface area (Å²) in [6.07, 6.45) is -2.98. The van der Waals surface area contributed by atoms with E-state index in [2.05, 4.69) is 20.4 Å². The highest BCUT2D eigenvalue weighted by Crippen LogP contribution is 2.39. The van der Waals surface area contributed by atoms with Gasteiger partial charge in [0.1, 0.15) is 11.8 Å². The predicted octanol–water partition coefficient (Wildman–Crippen LogP) is 4.40. The molecule has 2 fully saturated rings. The summed E-state index contributed by atoms with van der Waals surface area (Å²) in [5.74, 6) is 0.523. The Morgan fingerprint density at radius 2 is 1.85 bits per heavy atom. The van der Waals surface area contributed by atoms with Gasteiger partial charge < -0.3 is 19.9 Å². The van der Waals surface area contributed by atoms with Crippen LogP contribution in [0.25, 0.3) is 11.3 Å². The topological polar surface area (TPSA) is 94.4 Å². The zero-order valence-electron chi connectivity index (χ0n) is 22.9. The molecular formula is C30H31F3N6O2. The van der Waals surface area contributed by atoms with Gasteiger partial charge in [0.05, 0.1) is 40.7 Å². The van der Waals surface area contributed by atoms with Gasteiger partial charge in [0.25, 0.3) is 0 Å². The highest BCUT2D eigenvalue weighted by Gasteiger charge is 2.46. The van der Waals surface area contributed by atoms with Crippen LogP contribution in [0.5, 0.6) is 5.75 Å². The molecule has 0 spiro atoms. The van der Waals surface area contributed by atoms with Crippen LogP contribution >= 0.6 is 0 Å². The second kappa shape index (κ2) is 11.4. The number of methoxy groups -OCH3 is 1. The minimum Gasteiger partial charge on any atom is -0.496 e. The third kappa shape index (κ3) is 5.70. The molecule has 41 heavy (non-hydrogen) atoms. The summed E-state index contributed by atoms with van der Waals surface area (Å²) in [6, 6.07) is 16.3. The smallest absolute Gasteiger partial charge is 0.416 e. The van der Waals surface area contributed by atoms with Crippen molar-refractivity contribution in [2.45, 2.75) is 36.9 Å². The molecule has 0 unspecified atom stereocenters. The predicted molar refractivity (Wildman–Crippen MR) is 147 cm³/mol. The van der Waals surface area contributed by atoms with E-state index in [1.165, 1.54) is 6.07 Å². The van der Waals surface area contributed by atoms with Crippen molar-refractivity contribution in [3.63, 3.8) is 0 Å². The number of likely N-dealkylation sites (tertiary alicyclic amines) is 1. The average molecular weight is 565 g/mol. The zero-order chi connectivity index (χ0) is 29.2. The Labute approximate surface area is 236 Å². The van der Waals surface area contributed by atoms with E-state index in [4.69, 9.17) is 4.74 Å². The van der Waals surface area contributed by atoms with Crippen LogP contribution < -0.4 is 15.0 Å². The number of carbonyl (C=O) groups excluding carboxylic acids is 1. The zero-order valence-corrected chi connectivity index (χ0v) is 22.9. The normalized spacial score (nSPS) is 19.0. The number of nitrogens with one attached hydrogen (secondary N) is 1. The average Bonchev–Trinajstić information content (AvgIpc) is 3.40. The minimum absolute atomic E-state index is 0.0170. The Hall–Kier alpha value is -4.17. The molecule has 0 aliphatic carbocycles. The number of halogens is 3. The van der Waals surface area contributed by atoms with E-state index in [0.717, 1.165) is 37.2 Å². The Kier molecular flexibility index (Phi) is 7.87. The summed E-state index contributed by atoms with van der Waals surface area (Å²) in [7, 11) is 3.60. The molecule has 2 saturated heterocycles. The molecule has 0 radical (unpaired) electrons. The fraction of sp³-hybridized carbons (Fsp3) is 0.400. The quantitative estimate of drug-likeness (QED) is 0.474. The molecule has 2 aliphatic heterocycles. The number of anilines is 1. The Balaban J connectivity index is 1.44. The second-order valence-electron chi connectivity index (χ2n) is 10.6. The molecule has 1 N–H and O–H groups in total. The lowest BCUT2D eigenvalue weighted by Crippen LogP contribution is -2.54. The van der Waals surface area contributed by atoms with Crippen molar-refractivity contribution < 1.29 is 22.7 Å². The van der Waals surface area contributed by atoms with Gasteiger partial charge in [0.2, 0.25) is 5.91 Å². The second-order valence-corrected chi connectivity index (χ2v) is 10.6.